The number of aliphatic hydroxyl groups is 1. The second-order valence-corrected chi connectivity index (χ2v) is 8.14. The number of nitrogens with zero attached hydrogens (tertiary/aromatic N) is 1. The summed E-state index contributed by atoms with van der Waals surface area (Å²) in [7, 11) is 0. The summed E-state index contributed by atoms with van der Waals surface area (Å²) in [5, 5.41) is 12.3. The van der Waals surface area contributed by atoms with E-state index in [1.54, 1.807) is 18.3 Å². The molecule has 0 saturated carbocycles. The molecule has 2 amide bonds. The van der Waals surface area contributed by atoms with Crippen LogP contribution in [0.2, 0.25) is 0 Å². The van der Waals surface area contributed by atoms with Crippen molar-refractivity contribution >= 4 is 22.9 Å². The zero-order valence-electron chi connectivity index (χ0n) is 16.0. The topological polar surface area (TPSA) is 88.5 Å². The molecule has 2 unspecified atom stereocenters. The predicted molar refractivity (Wildman–Crippen MR) is 108 cm³/mol. The van der Waals surface area contributed by atoms with Crippen LogP contribution in [0.3, 0.4) is 0 Å². The molecule has 0 spiro atoms. The van der Waals surface area contributed by atoms with Gasteiger partial charge in [-0.2, -0.15) is 0 Å². The molecular weight excluding hydrogens is 376 g/mol. The Bertz CT molecular complexity index is 838. The number of thioether (sulfide) groups is 1. The lowest BCUT2D eigenvalue weighted by Gasteiger charge is -2.22. The Balaban J connectivity index is 1.58. The summed E-state index contributed by atoms with van der Waals surface area (Å²) in [6.07, 6.45) is 2.91. The minimum Gasteiger partial charge on any atom is -0.490 e. The third-order valence-electron chi connectivity index (χ3n) is 4.91. The minimum absolute atomic E-state index is 0.101. The first kappa shape index (κ1) is 20.4. The van der Waals surface area contributed by atoms with E-state index in [0.29, 0.717) is 24.3 Å². The van der Waals surface area contributed by atoms with Gasteiger partial charge in [0.15, 0.2) is 0 Å². The number of ether oxygens (including phenoxy) is 1. The number of carbonyl (C=O) groups is 2. The zero-order chi connectivity index (χ0) is 20.1. The van der Waals surface area contributed by atoms with Crippen molar-refractivity contribution in [3.05, 3.63) is 59.4 Å². The number of hydrogen-bond donors (Lipinski definition) is 2. The number of aryl methyl sites for hydroxylation is 1. The molecule has 3 rings (SSSR count). The Morgan fingerprint density at radius 3 is 2.39 bits per heavy atom. The lowest BCUT2D eigenvalue weighted by Crippen LogP contribution is -2.37. The highest BCUT2D eigenvalue weighted by Crippen LogP contribution is 2.38. The van der Waals surface area contributed by atoms with Gasteiger partial charge in [0, 0.05) is 6.20 Å². The van der Waals surface area contributed by atoms with E-state index in [4.69, 9.17) is 4.74 Å². The number of pyridine rings is 1. The molecule has 2 aromatic rings. The zero-order valence-corrected chi connectivity index (χ0v) is 16.8. The van der Waals surface area contributed by atoms with E-state index in [9.17, 15) is 14.7 Å². The van der Waals surface area contributed by atoms with E-state index in [0.717, 1.165) is 29.3 Å². The fraction of sp³-hybridized carbons (Fsp3) is 0.381. The molecule has 2 heterocycles. The summed E-state index contributed by atoms with van der Waals surface area (Å²) in [5.41, 5.74) is 2.64. The molecule has 1 fully saturated rings. The summed E-state index contributed by atoms with van der Waals surface area (Å²) in [4.78, 5) is 28.0. The van der Waals surface area contributed by atoms with Crippen molar-refractivity contribution in [2.75, 3.05) is 6.61 Å². The van der Waals surface area contributed by atoms with Crippen molar-refractivity contribution in [3.63, 3.8) is 0 Å². The summed E-state index contributed by atoms with van der Waals surface area (Å²) < 4.78 is 4.92. The van der Waals surface area contributed by atoms with Crippen LogP contribution >= 0.6 is 11.8 Å². The molecule has 0 radical (unpaired) electrons. The highest BCUT2D eigenvalue weighted by atomic mass is 32.2. The largest absolute Gasteiger partial charge is 0.490 e. The number of amides is 2. The Morgan fingerprint density at radius 2 is 1.86 bits per heavy atom. The molecule has 1 aromatic heterocycles. The number of rotatable bonds is 8. The molecule has 2 N–H and O–H groups in total. The van der Waals surface area contributed by atoms with Gasteiger partial charge in [-0.15, -0.1) is 0 Å². The van der Waals surface area contributed by atoms with Crippen LogP contribution in [-0.4, -0.2) is 32.6 Å². The number of hydrogen-bond acceptors (Lipinski definition) is 6. The molecule has 148 valence electrons. The molecule has 1 aromatic carbocycles. The summed E-state index contributed by atoms with van der Waals surface area (Å²) in [5.74, 6) is 0.396. The van der Waals surface area contributed by atoms with E-state index in [1.807, 2.05) is 31.2 Å². The van der Waals surface area contributed by atoms with Crippen LogP contribution in [0, 0.1) is 0 Å². The third-order valence-corrected chi connectivity index (χ3v) is 6.20. The second-order valence-electron chi connectivity index (χ2n) is 6.78. The quantitative estimate of drug-likeness (QED) is 0.706. The van der Waals surface area contributed by atoms with E-state index < -0.39 is 10.9 Å². The number of nitrogens with one attached hydrogen (secondary N) is 1. The van der Waals surface area contributed by atoms with Crippen LogP contribution in [0.15, 0.2) is 42.6 Å². The summed E-state index contributed by atoms with van der Waals surface area (Å²) in [6, 6.07) is 11.1. The Morgan fingerprint density at radius 1 is 1.14 bits per heavy atom. The number of aromatic nitrogens is 1. The van der Waals surface area contributed by atoms with Crippen LogP contribution in [0.25, 0.3) is 0 Å². The van der Waals surface area contributed by atoms with E-state index >= 15 is 0 Å². The minimum atomic E-state index is -0.807. The second kappa shape index (κ2) is 8.75. The van der Waals surface area contributed by atoms with Crippen molar-refractivity contribution < 1.29 is 19.4 Å². The van der Waals surface area contributed by atoms with Crippen molar-refractivity contribution in [2.45, 2.75) is 44.0 Å². The van der Waals surface area contributed by atoms with Crippen LogP contribution < -0.4 is 10.1 Å². The fourth-order valence-corrected chi connectivity index (χ4v) is 4.09. The first-order valence-electron chi connectivity index (χ1n) is 9.35. The van der Waals surface area contributed by atoms with E-state index in [2.05, 4.69) is 17.2 Å². The fourth-order valence-electron chi connectivity index (χ4n) is 3.07. The molecule has 28 heavy (non-hydrogen) atoms. The molecule has 1 aliphatic rings. The predicted octanol–water partition coefficient (Wildman–Crippen LogP) is 3.43. The number of aliphatic hydroxyl groups excluding tert-OH is 1. The van der Waals surface area contributed by atoms with E-state index in [-0.39, 0.29) is 17.8 Å². The molecule has 2 atom stereocenters. The number of benzene rings is 1. The molecule has 1 aliphatic heterocycles. The van der Waals surface area contributed by atoms with Crippen molar-refractivity contribution in [1.82, 2.24) is 10.3 Å². The van der Waals surface area contributed by atoms with Crippen molar-refractivity contribution in [1.29, 1.82) is 0 Å². The van der Waals surface area contributed by atoms with Gasteiger partial charge in [0.2, 0.25) is 5.91 Å². The highest BCUT2D eigenvalue weighted by Gasteiger charge is 2.46. The Labute approximate surface area is 168 Å². The lowest BCUT2D eigenvalue weighted by molar-refractivity contribution is -0.121. The average molecular weight is 401 g/mol. The molecule has 0 bridgehead atoms. The van der Waals surface area contributed by atoms with Crippen LogP contribution in [0.5, 0.6) is 5.75 Å². The Hall–Kier alpha value is -2.38. The van der Waals surface area contributed by atoms with Crippen LogP contribution in [-0.2, 0) is 17.6 Å². The van der Waals surface area contributed by atoms with Gasteiger partial charge in [0.1, 0.15) is 23.2 Å². The normalized spacial score (nSPS) is 20.1. The van der Waals surface area contributed by atoms with Crippen molar-refractivity contribution in [2.24, 2.45) is 0 Å². The van der Waals surface area contributed by atoms with Gasteiger partial charge < -0.3 is 9.84 Å². The molecular formula is C21H24N2O4S. The van der Waals surface area contributed by atoms with Gasteiger partial charge in [0.25, 0.3) is 5.24 Å². The maximum absolute atomic E-state index is 12.2. The van der Waals surface area contributed by atoms with Gasteiger partial charge in [-0.1, -0.05) is 32.0 Å². The lowest BCUT2D eigenvalue weighted by atomic mass is 9.95. The van der Waals surface area contributed by atoms with Crippen LogP contribution in [0.4, 0.5) is 4.79 Å². The SMILES string of the molecule is CCc1ccc(C(O)COc2ccc(CC3(CC)SC(=O)NC3=O)cc2)nc1. The van der Waals surface area contributed by atoms with Crippen molar-refractivity contribution in [3.8, 4) is 5.75 Å². The maximum atomic E-state index is 12.2. The number of imide groups is 1. The molecule has 1 saturated heterocycles. The van der Waals surface area contributed by atoms with Gasteiger partial charge in [-0.3, -0.25) is 19.9 Å². The molecule has 0 aliphatic carbocycles. The highest BCUT2D eigenvalue weighted by molar-refractivity contribution is 8.16. The van der Waals surface area contributed by atoms with Gasteiger partial charge >= 0.3 is 0 Å². The maximum Gasteiger partial charge on any atom is 0.286 e. The smallest absolute Gasteiger partial charge is 0.286 e. The summed E-state index contributed by atoms with van der Waals surface area (Å²) >= 11 is 1.06. The first-order valence-corrected chi connectivity index (χ1v) is 10.2. The molecule has 7 heteroatoms. The number of carbonyl (C=O) groups excluding carboxylic acids is 2. The van der Waals surface area contributed by atoms with Crippen LogP contribution in [0.1, 0.15) is 43.2 Å². The van der Waals surface area contributed by atoms with E-state index in [1.165, 1.54) is 0 Å². The molecule has 6 nitrogen and oxygen atoms in total. The average Bonchev–Trinajstić information content (AvgIpc) is 3.00. The Kier molecular flexibility index (Phi) is 6.36. The van der Waals surface area contributed by atoms with Gasteiger partial charge in [-0.25, -0.2) is 0 Å². The monoisotopic (exact) mass is 400 g/mol. The summed E-state index contributed by atoms with van der Waals surface area (Å²) in [6.45, 7) is 4.06. The van der Waals surface area contributed by atoms with Gasteiger partial charge in [-0.05, 0) is 60.4 Å². The third kappa shape index (κ3) is 4.54. The first-order chi connectivity index (χ1) is 13.5. The van der Waals surface area contributed by atoms with Gasteiger partial charge in [0.05, 0.1) is 5.69 Å². The standard InChI is InChI=1S/C21H24N2O4S/c1-3-14-7-10-17(22-12-14)18(24)13-27-16-8-5-15(6-9-16)11-21(4-2)19(25)23-20(26)28-21/h5-10,12,18,24H,3-4,11,13H2,1-2H3,(H,23,25,26).